The van der Waals surface area contributed by atoms with E-state index in [0.29, 0.717) is 11.8 Å². The fraction of sp³-hybridized carbons (Fsp3) is 0.857. The predicted octanol–water partition coefficient (Wildman–Crippen LogP) is 0.201. The molecule has 0 aliphatic heterocycles. The highest BCUT2D eigenvalue weighted by atomic mass is 16.3. The molecule has 0 aromatic heterocycles. The number of hydrogen-bond acceptors (Lipinski definition) is 2. The van der Waals surface area contributed by atoms with Crippen LogP contribution in [0.1, 0.15) is 12.8 Å². The van der Waals surface area contributed by atoms with Crippen molar-refractivity contribution in [1.29, 1.82) is 0 Å². The molecule has 1 saturated carbocycles. The number of aliphatic hydroxyl groups is 2. The van der Waals surface area contributed by atoms with Crippen LogP contribution in [-0.2, 0) is 0 Å². The quantitative estimate of drug-likeness (QED) is 0.559. The topological polar surface area (TPSA) is 40.5 Å². The Morgan fingerprint density at radius 1 is 1.11 bits per heavy atom. The van der Waals surface area contributed by atoms with Crippen molar-refractivity contribution in [2.24, 2.45) is 11.8 Å². The first-order chi connectivity index (χ1) is 4.38. The van der Waals surface area contributed by atoms with Gasteiger partial charge in [0.05, 0.1) is 0 Å². The highest BCUT2D eigenvalue weighted by Gasteiger charge is 2.25. The lowest BCUT2D eigenvalue weighted by molar-refractivity contribution is 0.141. The van der Waals surface area contributed by atoms with Crippen molar-refractivity contribution in [2.45, 2.75) is 12.8 Å². The summed E-state index contributed by atoms with van der Waals surface area (Å²) < 4.78 is 0. The van der Waals surface area contributed by atoms with E-state index < -0.39 is 0 Å². The molecule has 2 N–H and O–H groups in total. The standard InChI is InChI=1S/C7H13O2/c8-4-6-2-1-3-7(6)5-9/h1,6-9H,2-5H2. The molecule has 2 atom stereocenters. The molecule has 2 nitrogen and oxygen atoms in total. The Morgan fingerprint density at radius 3 is 1.89 bits per heavy atom. The zero-order valence-electron chi connectivity index (χ0n) is 5.45. The Labute approximate surface area is 55.5 Å². The third-order valence-corrected chi connectivity index (χ3v) is 2.07. The van der Waals surface area contributed by atoms with E-state index in [1.165, 1.54) is 0 Å². The Hall–Kier alpha value is -0.0800. The van der Waals surface area contributed by atoms with E-state index in [9.17, 15) is 0 Å². The molecule has 1 fully saturated rings. The molecule has 53 valence electrons. The first-order valence-electron chi connectivity index (χ1n) is 3.42. The first kappa shape index (κ1) is 7.03. The molecule has 0 amide bonds. The first-order valence-corrected chi connectivity index (χ1v) is 3.42. The minimum atomic E-state index is 0.224. The maximum absolute atomic E-state index is 8.74. The Balaban J connectivity index is 2.32. The van der Waals surface area contributed by atoms with Crippen LogP contribution in [0.15, 0.2) is 0 Å². The lowest BCUT2D eigenvalue weighted by Gasteiger charge is -2.12. The van der Waals surface area contributed by atoms with Gasteiger partial charge < -0.3 is 10.2 Å². The molecular formula is C7H13O2. The molecule has 1 aliphatic rings. The zero-order valence-corrected chi connectivity index (χ0v) is 5.45. The van der Waals surface area contributed by atoms with E-state index in [1.807, 2.05) is 0 Å². The summed E-state index contributed by atoms with van der Waals surface area (Å²) in [4.78, 5) is 0. The van der Waals surface area contributed by atoms with Crippen molar-refractivity contribution in [3.05, 3.63) is 6.42 Å². The average Bonchev–Trinajstić information content (AvgIpc) is 2.33. The lowest BCUT2D eigenvalue weighted by atomic mass is 9.98. The number of rotatable bonds is 2. The second kappa shape index (κ2) is 3.18. The van der Waals surface area contributed by atoms with Gasteiger partial charge in [-0.25, -0.2) is 0 Å². The zero-order chi connectivity index (χ0) is 6.69. The molecule has 9 heavy (non-hydrogen) atoms. The van der Waals surface area contributed by atoms with Crippen LogP contribution in [0.4, 0.5) is 0 Å². The molecule has 2 heteroatoms. The van der Waals surface area contributed by atoms with Crippen LogP contribution in [0, 0.1) is 18.3 Å². The summed E-state index contributed by atoms with van der Waals surface area (Å²) in [5.41, 5.74) is 0. The van der Waals surface area contributed by atoms with E-state index in [4.69, 9.17) is 10.2 Å². The molecular weight excluding hydrogens is 116 g/mol. The van der Waals surface area contributed by atoms with Crippen LogP contribution in [-0.4, -0.2) is 23.4 Å². The second-order valence-corrected chi connectivity index (χ2v) is 2.65. The molecule has 1 radical (unpaired) electrons. The molecule has 1 aliphatic carbocycles. The van der Waals surface area contributed by atoms with E-state index in [-0.39, 0.29) is 13.2 Å². The monoisotopic (exact) mass is 129 g/mol. The van der Waals surface area contributed by atoms with Crippen LogP contribution in [0.3, 0.4) is 0 Å². The Kier molecular flexibility index (Phi) is 2.49. The fourth-order valence-corrected chi connectivity index (χ4v) is 1.36. The molecule has 2 unspecified atom stereocenters. The third-order valence-electron chi connectivity index (χ3n) is 2.07. The summed E-state index contributed by atoms with van der Waals surface area (Å²) >= 11 is 0. The van der Waals surface area contributed by atoms with Gasteiger partial charge in [0.15, 0.2) is 0 Å². The van der Waals surface area contributed by atoms with Gasteiger partial charge in [0.25, 0.3) is 0 Å². The Morgan fingerprint density at radius 2 is 1.56 bits per heavy atom. The predicted molar refractivity (Wildman–Crippen MR) is 34.7 cm³/mol. The average molecular weight is 129 g/mol. The summed E-state index contributed by atoms with van der Waals surface area (Å²) in [6, 6.07) is 0. The van der Waals surface area contributed by atoms with Gasteiger partial charge in [-0.05, 0) is 31.1 Å². The van der Waals surface area contributed by atoms with E-state index in [0.717, 1.165) is 12.8 Å². The van der Waals surface area contributed by atoms with Gasteiger partial charge in [-0.15, -0.1) is 0 Å². The summed E-state index contributed by atoms with van der Waals surface area (Å²) in [6.45, 7) is 0.448. The maximum atomic E-state index is 8.74. The van der Waals surface area contributed by atoms with E-state index in [2.05, 4.69) is 6.42 Å². The van der Waals surface area contributed by atoms with Gasteiger partial charge in [-0.2, -0.15) is 0 Å². The highest BCUT2D eigenvalue weighted by Crippen LogP contribution is 2.29. The molecule has 0 aromatic carbocycles. The van der Waals surface area contributed by atoms with Gasteiger partial charge in [0.1, 0.15) is 0 Å². The van der Waals surface area contributed by atoms with Crippen LogP contribution >= 0.6 is 0 Å². The van der Waals surface area contributed by atoms with Crippen molar-refractivity contribution in [3.63, 3.8) is 0 Å². The Bertz CT molecular complexity index is 73.0. The third kappa shape index (κ3) is 1.43. The SMILES string of the molecule is OCC1C[CH]CC1CO. The summed E-state index contributed by atoms with van der Waals surface area (Å²) in [6.07, 6.45) is 4.09. The minimum absolute atomic E-state index is 0.224. The van der Waals surface area contributed by atoms with Gasteiger partial charge in [-0.1, -0.05) is 0 Å². The smallest absolute Gasteiger partial charge is 0.0462 e. The summed E-state index contributed by atoms with van der Waals surface area (Å²) in [5.74, 6) is 0.657. The molecule has 1 rings (SSSR count). The van der Waals surface area contributed by atoms with Crippen molar-refractivity contribution in [3.8, 4) is 0 Å². The normalized spacial score (nSPS) is 35.3. The van der Waals surface area contributed by atoms with E-state index >= 15 is 0 Å². The molecule has 0 saturated heterocycles. The van der Waals surface area contributed by atoms with Crippen LogP contribution < -0.4 is 0 Å². The van der Waals surface area contributed by atoms with Gasteiger partial charge >= 0.3 is 0 Å². The molecule has 0 aromatic rings. The number of hydrogen-bond donors (Lipinski definition) is 2. The molecule has 0 bridgehead atoms. The van der Waals surface area contributed by atoms with Crippen molar-refractivity contribution in [2.75, 3.05) is 13.2 Å². The summed E-state index contributed by atoms with van der Waals surface area (Å²) in [7, 11) is 0. The van der Waals surface area contributed by atoms with Gasteiger partial charge in [0.2, 0.25) is 0 Å². The maximum Gasteiger partial charge on any atom is 0.0462 e. The largest absolute Gasteiger partial charge is 0.396 e. The van der Waals surface area contributed by atoms with Gasteiger partial charge in [-0.3, -0.25) is 0 Å². The molecule has 0 heterocycles. The number of aliphatic hydroxyl groups excluding tert-OH is 2. The van der Waals surface area contributed by atoms with Gasteiger partial charge in [0, 0.05) is 13.2 Å². The second-order valence-electron chi connectivity index (χ2n) is 2.65. The van der Waals surface area contributed by atoms with Crippen molar-refractivity contribution >= 4 is 0 Å². The van der Waals surface area contributed by atoms with Crippen molar-refractivity contribution < 1.29 is 10.2 Å². The molecule has 0 spiro atoms. The van der Waals surface area contributed by atoms with E-state index in [1.54, 1.807) is 0 Å². The van der Waals surface area contributed by atoms with Crippen LogP contribution in [0.25, 0.3) is 0 Å². The van der Waals surface area contributed by atoms with Crippen LogP contribution in [0.5, 0.6) is 0 Å². The fourth-order valence-electron chi connectivity index (χ4n) is 1.36. The summed E-state index contributed by atoms with van der Waals surface area (Å²) in [5, 5.41) is 17.5. The lowest BCUT2D eigenvalue weighted by Crippen LogP contribution is -2.15. The highest BCUT2D eigenvalue weighted by molar-refractivity contribution is 4.87. The van der Waals surface area contributed by atoms with Crippen LogP contribution in [0.2, 0.25) is 0 Å². The van der Waals surface area contributed by atoms with Crippen molar-refractivity contribution in [1.82, 2.24) is 0 Å². The minimum Gasteiger partial charge on any atom is -0.396 e.